The Kier molecular flexibility index (Phi) is 3.20. The average molecular weight is 233 g/mol. The van der Waals surface area contributed by atoms with Gasteiger partial charge >= 0.3 is 5.97 Å². The van der Waals surface area contributed by atoms with Gasteiger partial charge in [-0.1, -0.05) is 24.3 Å². The second-order valence-corrected chi connectivity index (χ2v) is 5.24. The smallest absolute Gasteiger partial charge is 0.313 e. The van der Waals surface area contributed by atoms with Gasteiger partial charge in [-0.05, 0) is 43.9 Å². The third kappa shape index (κ3) is 2.34. The summed E-state index contributed by atoms with van der Waals surface area (Å²) in [5.41, 5.74) is 1.35. The first-order valence-electron chi connectivity index (χ1n) is 6.06. The van der Waals surface area contributed by atoms with Crippen LogP contribution in [-0.4, -0.2) is 24.2 Å². The Morgan fingerprint density at radius 1 is 1.35 bits per heavy atom. The number of hydrogen-bond acceptors (Lipinski definition) is 2. The number of hydrogen-bond donors (Lipinski definition) is 2. The molecule has 2 rings (SSSR count). The summed E-state index contributed by atoms with van der Waals surface area (Å²) >= 11 is 0. The second-order valence-electron chi connectivity index (χ2n) is 5.24. The van der Waals surface area contributed by atoms with Gasteiger partial charge in [-0.25, -0.2) is 0 Å². The van der Waals surface area contributed by atoms with Crippen molar-refractivity contribution in [1.29, 1.82) is 0 Å². The molecule has 0 spiro atoms. The Morgan fingerprint density at radius 2 is 2.00 bits per heavy atom. The van der Waals surface area contributed by atoms with Gasteiger partial charge in [-0.2, -0.15) is 0 Å². The zero-order valence-electron chi connectivity index (χ0n) is 10.4. The highest BCUT2D eigenvalue weighted by Crippen LogP contribution is 2.27. The van der Waals surface area contributed by atoms with Crippen molar-refractivity contribution in [1.82, 2.24) is 5.32 Å². The van der Waals surface area contributed by atoms with Gasteiger partial charge in [-0.3, -0.25) is 4.79 Å². The summed E-state index contributed by atoms with van der Waals surface area (Å²) in [6.45, 7) is 5.58. The van der Waals surface area contributed by atoms with Gasteiger partial charge in [0.25, 0.3) is 0 Å². The zero-order chi connectivity index (χ0) is 12.5. The van der Waals surface area contributed by atoms with Crippen molar-refractivity contribution in [3.05, 3.63) is 35.4 Å². The van der Waals surface area contributed by atoms with Gasteiger partial charge < -0.3 is 10.4 Å². The largest absolute Gasteiger partial charge is 0.481 e. The van der Waals surface area contributed by atoms with Crippen molar-refractivity contribution in [2.75, 3.05) is 13.1 Å². The van der Waals surface area contributed by atoms with Crippen LogP contribution in [0.25, 0.3) is 0 Å². The molecule has 1 saturated heterocycles. The molecule has 0 amide bonds. The maximum Gasteiger partial charge on any atom is 0.313 e. The molecule has 0 aliphatic carbocycles. The lowest BCUT2D eigenvalue weighted by atomic mass is 9.83. The summed E-state index contributed by atoms with van der Waals surface area (Å²) in [4.78, 5) is 11.2. The van der Waals surface area contributed by atoms with Crippen LogP contribution < -0.4 is 5.32 Å². The fourth-order valence-corrected chi connectivity index (χ4v) is 2.23. The van der Waals surface area contributed by atoms with Gasteiger partial charge in [0.05, 0.1) is 5.41 Å². The number of benzene rings is 1. The van der Waals surface area contributed by atoms with E-state index in [1.165, 1.54) is 12.0 Å². The monoisotopic (exact) mass is 233 g/mol. The number of rotatable bonds is 3. The molecule has 92 valence electrons. The number of nitrogens with one attached hydrogen (secondary N) is 1. The van der Waals surface area contributed by atoms with E-state index in [4.69, 9.17) is 5.11 Å². The predicted molar refractivity (Wildman–Crippen MR) is 67.3 cm³/mol. The lowest BCUT2D eigenvalue weighted by Gasteiger charge is -2.20. The first-order valence-corrected chi connectivity index (χ1v) is 6.06. The Balaban J connectivity index is 2.20. The van der Waals surface area contributed by atoms with E-state index in [9.17, 15) is 4.79 Å². The molecule has 1 unspecified atom stereocenters. The predicted octanol–water partition coefficient (Wildman–Crippen LogP) is 2.13. The topological polar surface area (TPSA) is 49.3 Å². The summed E-state index contributed by atoms with van der Waals surface area (Å²) in [6, 6.07) is 8.03. The van der Waals surface area contributed by atoms with Crippen LogP contribution in [0.3, 0.4) is 0 Å². The van der Waals surface area contributed by atoms with Crippen molar-refractivity contribution in [3.8, 4) is 0 Å². The average Bonchev–Trinajstić information content (AvgIpc) is 2.82. The minimum absolute atomic E-state index is 0.581. The summed E-state index contributed by atoms with van der Waals surface area (Å²) in [5.74, 6) is -0.204. The molecule has 0 aromatic heterocycles. The number of carboxylic acids is 1. The molecule has 1 atom stereocenters. The zero-order valence-corrected chi connectivity index (χ0v) is 10.4. The molecule has 3 nitrogen and oxygen atoms in total. The molecule has 0 bridgehead atoms. The highest BCUT2D eigenvalue weighted by atomic mass is 16.4. The van der Waals surface area contributed by atoms with Gasteiger partial charge in [0, 0.05) is 6.54 Å². The number of carbonyl (C=O) groups is 1. The first-order chi connectivity index (χ1) is 8.01. The number of aliphatic carboxylic acids is 1. The van der Waals surface area contributed by atoms with Crippen LogP contribution in [-0.2, 0) is 10.2 Å². The molecule has 2 N–H and O–H groups in total. The maximum absolute atomic E-state index is 11.2. The standard InChI is InChI=1S/C14H19NO2/c1-14(2,13(16)17)12-5-3-10(4-6-12)11-7-8-15-9-11/h3-6,11,15H,7-9H2,1-2H3,(H,16,17). The molecule has 3 heteroatoms. The van der Waals surface area contributed by atoms with Gasteiger partial charge in [0.1, 0.15) is 0 Å². The second kappa shape index (κ2) is 4.49. The highest BCUT2D eigenvalue weighted by Gasteiger charge is 2.29. The highest BCUT2D eigenvalue weighted by molar-refractivity contribution is 5.80. The van der Waals surface area contributed by atoms with Crippen molar-refractivity contribution in [2.45, 2.75) is 31.6 Å². The van der Waals surface area contributed by atoms with Crippen molar-refractivity contribution >= 4 is 5.97 Å². The Labute approximate surface area is 102 Å². The molecule has 1 heterocycles. The molecule has 1 aromatic carbocycles. The van der Waals surface area contributed by atoms with Crippen LogP contribution in [0.5, 0.6) is 0 Å². The van der Waals surface area contributed by atoms with Crippen LogP contribution >= 0.6 is 0 Å². The third-order valence-corrected chi connectivity index (χ3v) is 3.70. The van der Waals surface area contributed by atoms with Gasteiger partial charge in [-0.15, -0.1) is 0 Å². The third-order valence-electron chi connectivity index (χ3n) is 3.70. The summed E-state index contributed by atoms with van der Waals surface area (Å²) in [5, 5.41) is 12.5. The molecule has 1 fully saturated rings. The number of carboxylic acid groups (broad SMARTS) is 1. The molecule has 0 saturated carbocycles. The van der Waals surface area contributed by atoms with E-state index >= 15 is 0 Å². The summed E-state index contributed by atoms with van der Waals surface area (Å²) in [6.07, 6.45) is 1.17. The van der Waals surface area contributed by atoms with Crippen molar-refractivity contribution in [2.24, 2.45) is 0 Å². The van der Waals surface area contributed by atoms with E-state index < -0.39 is 11.4 Å². The summed E-state index contributed by atoms with van der Waals surface area (Å²) in [7, 11) is 0. The normalized spacial score (nSPS) is 20.5. The Morgan fingerprint density at radius 3 is 2.47 bits per heavy atom. The van der Waals surface area contributed by atoms with Crippen LogP contribution in [0.2, 0.25) is 0 Å². The lowest BCUT2D eigenvalue weighted by molar-refractivity contribution is -0.142. The van der Waals surface area contributed by atoms with E-state index in [1.54, 1.807) is 13.8 Å². The maximum atomic E-state index is 11.2. The Bertz CT molecular complexity index is 403. The van der Waals surface area contributed by atoms with Crippen LogP contribution in [0.1, 0.15) is 37.3 Å². The lowest BCUT2D eigenvalue weighted by Crippen LogP contribution is -2.28. The van der Waals surface area contributed by atoms with E-state index in [1.807, 2.05) is 12.1 Å². The molecule has 1 aliphatic rings. The fourth-order valence-electron chi connectivity index (χ4n) is 2.23. The SMILES string of the molecule is CC(C)(C(=O)O)c1ccc(C2CCNC2)cc1. The Hall–Kier alpha value is -1.35. The minimum atomic E-state index is -0.813. The molecule has 17 heavy (non-hydrogen) atoms. The quantitative estimate of drug-likeness (QED) is 0.840. The molecule has 0 radical (unpaired) electrons. The van der Waals surface area contributed by atoms with Crippen molar-refractivity contribution < 1.29 is 9.90 Å². The van der Waals surface area contributed by atoms with E-state index in [-0.39, 0.29) is 0 Å². The fraction of sp³-hybridized carbons (Fsp3) is 0.500. The van der Waals surface area contributed by atoms with E-state index in [2.05, 4.69) is 17.4 Å². The van der Waals surface area contributed by atoms with Crippen LogP contribution in [0.4, 0.5) is 0 Å². The molecular weight excluding hydrogens is 214 g/mol. The van der Waals surface area contributed by atoms with Crippen LogP contribution in [0.15, 0.2) is 24.3 Å². The van der Waals surface area contributed by atoms with Crippen LogP contribution in [0, 0.1) is 0 Å². The summed E-state index contributed by atoms with van der Waals surface area (Å²) < 4.78 is 0. The van der Waals surface area contributed by atoms with Gasteiger partial charge in [0.2, 0.25) is 0 Å². The van der Waals surface area contributed by atoms with Crippen molar-refractivity contribution in [3.63, 3.8) is 0 Å². The van der Waals surface area contributed by atoms with E-state index in [0.29, 0.717) is 5.92 Å². The molecular formula is C14H19NO2. The molecule has 1 aliphatic heterocycles. The first kappa shape index (κ1) is 12.1. The minimum Gasteiger partial charge on any atom is -0.481 e. The van der Waals surface area contributed by atoms with E-state index in [0.717, 1.165) is 18.7 Å². The molecule has 1 aromatic rings. The van der Waals surface area contributed by atoms with Gasteiger partial charge in [0.15, 0.2) is 0 Å².